The first kappa shape index (κ1) is 20.5. The first-order valence-electron chi connectivity index (χ1n) is 10.1. The Morgan fingerprint density at radius 1 is 1.29 bits per heavy atom. The van der Waals surface area contributed by atoms with Crippen LogP contribution >= 0.6 is 11.3 Å². The fourth-order valence-corrected chi connectivity index (χ4v) is 4.41. The van der Waals surface area contributed by atoms with E-state index in [2.05, 4.69) is 31.3 Å². The van der Waals surface area contributed by atoms with Crippen molar-refractivity contribution in [3.8, 4) is 0 Å². The van der Waals surface area contributed by atoms with Crippen molar-refractivity contribution in [1.29, 1.82) is 0 Å². The number of hydrogen-bond donors (Lipinski definition) is 1. The van der Waals surface area contributed by atoms with Crippen LogP contribution in [-0.2, 0) is 11.3 Å². The molecule has 1 atom stereocenters. The van der Waals surface area contributed by atoms with E-state index in [0.29, 0.717) is 25.4 Å². The second-order valence-corrected chi connectivity index (χ2v) is 8.56. The molecule has 0 radical (unpaired) electrons. The number of hydrogen-bond acceptors (Lipinski definition) is 4. The molecule has 2 heterocycles. The fraction of sp³-hybridized carbons (Fsp3) is 0.500. The molecule has 28 heavy (non-hydrogen) atoms. The monoisotopic (exact) mass is 399 g/mol. The van der Waals surface area contributed by atoms with Crippen molar-refractivity contribution in [1.82, 2.24) is 15.2 Å². The smallest absolute Gasteiger partial charge is 0.253 e. The molecule has 0 saturated carbocycles. The van der Waals surface area contributed by atoms with Crippen molar-refractivity contribution >= 4 is 23.2 Å². The van der Waals surface area contributed by atoms with E-state index in [1.807, 2.05) is 29.3 Å². The van der Waals surface area contributed by atoms with Gasteiger partial charge in [0.05, 0.1) is 17.2 Å². The van der Waals surface area contributed by atoms with Gasteiger partial charge in [-0.1, -0.05) is 32.9 Å². The van der Waals surface area contributed by atoms with Gasteiger partial charge < -0.3 is 10.2 Å². The van der Waals surface area contributed by atoms with Crippen LogP contribution in [0.2, 0.25) is 0 Å². The van der Waals surface area contributed by atoms with Crippen molar-refractivity contribution in [2.45, 2.75) is 58.4 Å². The van der Waals surface area contributed by atoms with Gasteiger partial charge in [0, 0.05) is 36.4 Å². The third-order valence-electron chi connectivity index (χ3n) is 5.24. The zero-order valence-corrected chi connectivity index (χ0v) is 17.7. The van der Waals surface area contributed by atoms with E-state index in [1.165, 1.54) is 5.56 Å². The van der Waals surface area contributed by atoms with Crippen molar-refractivity contribution in [3.05, 3.63) is 51.5 Å². The average Bonchev–Trinajstić information content (AvgIpc) is 3.20. The molecule has 1 unspecified atom stereocenters. The van der Waals surface area contributed by atoms with Gasteiger partial charge in [-0.15, -0.1) is 11.3 Å². The molecule has 1 saturated heterocycles. The number of nitrogens with one attached hydrogen (secondary N) is 1. The highest BCUT2D eigenvalue weighted by molar-refractivity contribution is 7.09. The highest BCUT2D eigenvalue weighted by atomic mass is 32.1. The number of likely N-dealkylation sites (tertiary alicyclic amines) is 1. The van der Waals surface area contributed by atoms with Gasteiger partial charge in [-0.05, 0) is 36.5 Å². The van der Waals surface area contributed by atoms with Gasteiger partial charge in [0.2, 0.25) is 5.91 Å². The van der Waals surface area contributed by atoms with Gasteiger partial charge in [-0.3, -0.25) is 9.59 Å². The standard InChI is InChI=1S/C22H29N3O2S/c1-4-20(26)23-12-19-14-28-21(24-19)18-6-5-11-25(13-18)22(27)17-9-7-16(8-10-17)15(2)3/h7-10,14-15,18H,4-6,11-13H2,1-3H3,(H,23,26). The van der Waals surface area contributed by atoms with E-state index in [1.54, 1.807) is 11.3 Å². The molecule has 0 bridgehead atoms. The predicted octanol–water partition coefficient (Wildman–Crippen LogP) is 4.31. The lowest BCUT2D eigenvalue weighted by molar-refractivity contribution is -0.120. The molecule has 0 aliphatic carbocycles. The molecule has 0 spiro atoms. The second-order valence-electron chi connectivity index (χ2n) is 7.67. The first-order chi connectivity index (χ1) is 13.5. The van der Waals surface area contributed by atoms with Crippen molar-refractivity contribution < 1.29 is 9.59 Å². The molecule has 1 aromatic heterocycles. The number of rotatable bonds is 6. The summed E-state index contributed by atoms with van der Waals surface area (Å²) in [7, 11) is 0. The minimum Gasteiger partial charge on any atom is -0.350 e. The Labute approximate surface area is 171 Å². The van der Waals surface area contributed by atoms with E-state index >= 15 is 0 Å². The summed E-state index contributed by atoms with van der Waals surface area (Å²) in [5.74, 6) is 0.873. The van der Waals surface area contributed by atoms with Gasteiger partial charge in [-0.2, -0.15) is 0 Å². The largest absolute Gasteiger partial charge is 0.350 e. The summed E-state index contributed by atoms with van der Waals surface area (Å²) in [5, 5.41) is 5.94. The van der Waals surface area contributed by atoms with Crippen LogP contribution in [0.4, 0.5) is 0 Å². The molecule has 1 aromatic carbocycles. The molecule has 6 heteroatoms. The molecule has 2 amide bonds. The van der Waals surface area contributed by atoms with Crippen molar-refractivity contribution in [2.75, 3.05) is 13.1 Å². The first-order valence-corrected chi connectivity index (χ1v) is 11.0. The number of benzene rings is 1. The SMILES string of the molecule is CCC(=O)NCc1csc(C2CCCN(C(=O)c3ccc(C(C)C)cc3)C2)n1. The molecule has 2 aromatic rings. The zero-order valence-electron chi connectivity index (χ0n) is 16.9. The highest BCUT2D eigenvalue weighted by Gasteiger charge is 2.27. The summed E-state index contributed by atoms with van der Waals surface area (Å²) < 4.78 is 0. The van der Waals surface area contributed by atoms with Crippen molar-refractivity contribution in [3.63, 3.8) is 0 Å². The van der Waals surface area contributed by atoms with Crippen molar-refractivity contribution in [2.24, 2.45) is 0 Å². The number of carbonyl (C=O) groups excluding carboxylic acids is 2. The summed E-state index contributed by atoms with van der Waals surface area (Å²) >= 11 is 1.63. The van der Waals surface area contributed by atoms with E-state index < -0.39 is 0 Å². The molecule has 1 fully saturated rings. The Bertz CT molecular complexity index is 813. The van der Waals surface area contributed by atoms with Crippen LogP contribution < -0.4 is 5.32 Å². The number of thiazole rings is 1. The van der Waals surface area contributed by atoms with Crippen LogP contribution in [0.3, 0.4) is 0 Å². The molecule has 1 aliphatic rings. The minimum absolute atomic E-state index is 0.0347. The Hall–Kier alpha value is -2.21. The van der Waals surface area contributed by atoms with Gasteiger partial charge in [0.1, 0.15) is 0 Å². The van der Waals surface area contributed by atoms with Gasteiger partial charge in [0.25, 0.3) is 5.91 Å². The van der Waals surface area contributed by atoms with Crippen LogP contribution in [0.5, 0.6) is 0 Å². The maximum absolute atomic E-state index is 12.9. The number of amides is 2. The van der Waals surface area contributed by atoms with E-state index in [9.17, 15) is 9.59 Å². The second kappa shape index (κ2) is 9.32. The zero-order chi connectivity index (χ0) is 20.1. The van der Waals surface area contributed by atoms with Gasteiger partial charge in [0.15, 0.2) is 0 Å². The molecule has 150 valence electrons. The molecule has 5 nitrogen and oxygen atoms in total. The van der Waals surface area contributed by atoms with Crippen LogP contribution in [0.1, 0.15) is 78.5 Å². The van der Waals surface area contributed by atoms with Crippen LogP contribution in [0.25, 0.3) is 0 Å². The topological polar surface area (TPSA) is 62.3 Å². The predicted molar refractivity (Wildman–Crippen MR) is 113 cm³/mol. The summed E-state index contributed by atoms with van der Waals surface area (Å²) in [4.78, 5) is 31.0. The van der Waals surface area contributed by atoms with Crippen LogP contribution in [0, 0.1) is 0 Å². The average molecular weight is 400 g/mol. The number of piperidine rings is 1. The molecule has 1 N–H and O–H groups in total. The third-order valence-corrected chi connectivity index (χ3v) is 6.30. The lowest BCUT2D eigenvalue weighted by Crippen LogP contribution is -2.39. The highest BCUT2D eigenvalue weighted by Crippen LogP contribution is 2.30. The third kappa shape index (κ3) is 4.98. The maximum atomic E-state index is 12.9. The lowest BCUT2D eigenvalue weighted by atomic mass is 9.97. The Morgan fingerprint density at radius 2 is 2.04 bits per heavy atom. The van der Waals surface area contributed by atoms with E-state index in [0.717, 1.165) is 35.7 Å². The minimum atomic E-state index is 0.0347. The number of nitrogens with zero attached hydrogens (tertiary/aromatic N) is 2. The number of aromatic nitrogens is 1. The quantitative estimate of drug-likeness (QED) is 0.787. The Kier molecular flexibility index (Phi) is 6.83. The Morgan fingerprint density at radius 3 is 2.71 bits per heavy atom. The van der Waals surface area contributed by atoms with E-state index in [4.69, 9.17) is 4.98 Å². The van der Waals surface area contributed by atoms with Crippen LogP contribution in [0.15, 0.2) is 29.6 Å². The lowest BCUT2D eigenvalue weighted by Gasteiger charge is -2.32. The molecular formula is C22H29N3O2S. The maximum Gasteiger partial charge on any atom is 0.253 e. The van der Waals surface area contributed by atoms with Crippen LogP contribution in [-0.4, -0.2) is 34.8 Å². The molecule has 1 aliphatic heterocycles. The summed E-state index contributed by atoms with van der Waals surface area (Å²) in [6, 6.07) is 7.99. The summed E-state index contributed by atoms with van der Waals surface area (Å²) in [6.07, 6.45) is 2.52. The summed E-state index contributed by atoms with van der Waals surface area (Å²) in [6.45, 7) is 8.13. The normalized spacial score (nSPS) is 17.0. The van der Waals surface area contributed by atoms with Gasteiger partial charge >= 0.3 is 0 Å². The molecule has 3 rings (SSSR count). The molecular weight excluding hydrogens is 370 g/mol. The fourth-order valence-electron chi connectivity index (χ4n) is 3.46. The summed E-state index contributed by atoms with van der Waals surface area (Å²) in [5.41, 5.74) is 2.90. The van der Waals surface area contributed by atoms with Gasteiger partial charge in [-0.25, -0.2) is 4.98 Å². The van der Waals surface area contributed by atoms with E-state index in [-0.39, 0.29) is 17.7 Å². The Balaban J connectivity index is 1.63. The number of carbonyl (C=O) groups is 2.